The lowest BCUT2D eigenvalue weighted by Gasteiger charge is -2.32. The van der Waals surface area contributed by atoms with Crippen molar-refractivity contribution in [1.82, 2.24) is 0 Å². The zero-order valence-corrected chi connectivity index (χ0v) is 13.8. The summed E-state index contributed by atoms with van der Waals surface area (Å²) in [5.41, 5.74) is -0.183. The monoisotopic (exact) mass is 318 g/mol. The average molecular weight is 318 g/mol. The number of hydrogen-bond donors (Lipinski definition) is 1. The number of rotatable bonds is 14. The van der Waals surface area contributed by atoms with Crippen LogP contribution in [-0.2, 0) is 23.7 Å². The Morgan fingerprint density at radius 3 is 1.91 bits per heavy atom. The van der Waals surface area contributed by atoms with Gasteiger partial charge in [-0.25, -0.2) is 0 Å². The van der Waals surface area contributed by atoms with Gasteiger partial charge in [0.15, 0.2) is 0 Å². The Balaban J connectivity index is 1.74. The van der Waals surface area contributed by atoms with E-state index in [1.807, 2.05) is 6.92 Å². The topological polar surface area (TPSA) is 73.0 Å². The van der Waals surface area contributed by atoms with E-state index in [0.717, 1.165) is 19.6 Å². The van der Waals surface area contributed by atoms with Crippen LogP contribution in [0.5, 0.6) is 0 Å². The second-order valence-electron chi connectivity index (χ2n) is 6.37. The molecule has 3 atom stereocenters. The van der Waals surface area contributed by atoms with E-state index >= 15 is 0 Å². The molecular weight excluding hydrogens is 288 g/mol. The van der Waals surface area contributed by atoms with Gasteiger partial charge in [-0.2, -0.15) is 0 Å². The highest BCUT2D eigenvalue weighted by molar-refractivity contribution is 4.80. The maximum Gasteiger partial charge on any atom is 0.104 e. The Hall–Kier alpha value is -0.240. The standard InChI is InChI=1S/C16H30O6/c1-3-13(17)5-18-10-16(4-2,11-19-6-14-8-21-14)12-20-7-15-9-22-15/h13-15,17H,3-12H2,1-2H3. The molecular formula is C16H30O6. The molecule has 0 aromatic heterocycles. The average Bonchev–Trinajstić information content (AvgIpc) is 3.41. The highest BCUT2D eigenvalue weighted by Crippen LogP contribution is 2.25. The molecule has 2 fully saturated rings. The molecule has 1 N–H and O–H groups in total. The van der Waals surface area contributed by atoms with Crippen LogP contribution in [0.3, 0.4) is 0 Å². The highest BCUT2D eigenvalue weighted by atomic mass is 16.6. The lowest BCUT2D eigenvalue weighted by atomic mass is 9.88. The first kappa shape index (κ1) is 18.1. The van der Waals surface area contributed by atoms with Gasteiger partial charge in [0.25, 0.3) is 0 Å². The van der Waals surface area contributed by atoms with Crippen LogP contribution >= 0.6 is 0 Å². The molecule has 6 heteroatoms. The van der Waals surface area contributed by atoms with E-state index in [1.165, 1.54) is 0 Å². The van der Waals surface area contributed by atoms with Crippen LogP contribution in [0.4, 0.5) is 0 Å². The van der Waals surface area contributed by atoms with Crippen molar-refractivity contribution in [3.05, 3.63) is 0 Å². The molecule has 2 aliphatic rings. The second-order valence-corrected chi connectivity index (χ2v) is 6.37. The molecule has 22 heavy (non-hydrogen) atoms. The summed E-state index contributed by atoms with van der Waals surface area (Å²) in [5, 5.41) is 9.62. The third-order valence-corrected chi connectivity index (χ3v) is 4.17. The number of aliphatic hydroxyl groups is 1. The Bertz CT molecular complexity index is 285. The van der Waals surface area contributed by atoms with Crippen molar-refractivity contribution in [2.45, 2.75) is 45.0 Å². The predicted molar refractivity (Wildman–Crippen MR) is 81.0 cm³/mol. The van der Waals surface area contributed by atoms with Gasteiger partial charge >= 0.3 is 0 Å². The third kappa shape index (κ3) is 6.89. The van der Waals surface area contributed by atoms with Crippen LogP contribution in [0.15, 0.2) is 0 Å². The van der Waals surface area contributed by atoms with Crippen LogP contribution in [0.1, 0.15) is 26.7 Å². The molecule has 0 aliphatic carbocycles. The SMILES string of the molecule is CCC(O)COCC(CC)(COCC1CO1)COCC1CO1. The zero-order chi connectivity index (χ0) is 15.8. The Kier molecular flexibility index (Phi) is 7.53. The number of aliphatic hydroxyl groups excluding tert-OH is 1. The van der Waals surface area contributed by atoms with E-state index in [-0.39, 0.29) is 17.6 Å². The van der Waals surface area contributed by atoms with Gasteiger partial charge in [0.05, 0.1) is 59.0 Å². The first-order valence-corrected chi connectivity index (χ1v) is 8.32. The molecule has 3 unspecified atom stereocenters. The number of epoxide rings is 2. The van der Waals surface area contributed by atoms with Crippen molar-refractivity contribution in [2.75, 3.05) is 52.9 Å². The Morgan fingerprint density at radius 1 is 1.00 bits per heavy atom. The van der Waals surface area contributed by atoms with Crippen molar-refractivity contribution in [3.63, 3.8) is 0 Å². The molecule has 0 bridgehead atoms. The molecule has 2 rings (SSSR count). The van der Waals surface area contributed by atoms with E-state index in [1.54, 1.807) is 0 Å². The molecule has 0 radical (unpaired) electrons. The minimum absolute atomic E-state index is 0.183. The smallest absolute Gasteiger partial charge is 0.104 e. The summed E-state index contributed by atoms with van der Waals surface area (Å²) in [6.45, 7) is 8.96. The van der Waals surface area contributed by atoms with Crippen LogP contribution < -0.4 is 0 Å². The lowest BCUT2D eigenvalue weighted by molar-refractivity contribution is -0.0858. The van der Waals surface area contributed by atoms with Crippen LogP contribution in [-0.4, -0.2) is 76.3 Å². The normalized spacial score (nSPS) is 27.4. The van der Waals surface area contributed by atoms with Crippen LogP contribution in [0.2, 0.25) is 0 Å². The van der Waals surface area contributed by atoms with E-state index in [0.29, 0.717) is 46.1 Å². The Morgan fingerprint density at radius 2 is 1.50 bits per heavy atom. The molecule has 130 valence electrons. The molecule has 6 nitrogen and oxygen atoms in total. The summed E-state index contributed by atoms with van der Waals surface area (Å²) >= 11 is 0. The first-order valence-electron chi connectivity index (χ1n) is 8.32. The van der Waals surface area contributed by atoms with Crippen molar-refractivity contribution < 1.29 is 28.8 Å². The van der Waals surface area contributed by atoms with Gasteiger partial charge in [0.2, 0.25) is 0 Å². The number of hydrogen-bond acceptors (Lipinski definition) is 6. The highest BCUT2D eigenvalue weighted by Gasteiger charge is 2.33. The van der Waals surface area contributed by atoms with E-state index in [2.05, 4.69) is 6.92 Å². The zero-order valence-electron chi connectivity index (χ0n) is 13.8. The third-order valence-electron chi connectivity index (χ3n) is 4.17. The van der Waals surface area contributed by atoms with Crippen LogP contribution in [0, 0.1) is 5.41 Å². The molecule has 2 heterocycles. The second kappa shape index (κ2) is 9.15. The number of ether oxygens (including phenoxy) is 5. The summed E-state index contributed by atoms with van der Waals surface area (Å²) in [6, 6.07) is 0. The van der Waals surface area contributed by atoms with Crippen molar-refractivity contribution >= 4 is 0 Å². The summed E-state index contributed by atoms with van der Waals surface area (Å²) in [7, 11) is 0. The van der Waals surface area contributed by atoms with Gasteiger partial charge in [0.1, 0.15) is 12.2 Å². The fraction of sp³-hybridized carbons (Fsp3) is 1.00. The molecule has 2 saturated heterocycles. The molecule has 0 amide bonds. The fourth-order valence-electron chi connectivity index (χ4n) is 2.10. The quantitative estimate of drug-likeness (QED) is 0.482. The van der Waals surface area contributed by atoms with Crippen molar-refractivity contribution in [3.8, 4) is 0 Å². The van der Waals surface area contributed by atoms with Gasteiger partial charge in [-0.15, -0.1) is 0 Å². The van der Waals surface area contributed by atoms with Crippen molar-refractivity contribution in [2.24, 2.45) is 5.41 Å². The van der Waals surface area contributed by atoms with Gasteiger partial charge in [-0.1, -0.05) is 13.8 Å². The summed E-state index contributed by atoms with van der Waals surface area (Å²) < 4.78 is 27.6. The van der Waals surface area contributed by atoms with E-state index in [9.17, 15) is 5.11 Å². The van der Waals surface area contributed by atoms with Gasteiger partial charge in [-0.05, 0) is 12.8 Å². The van der Waals surface area contributed by atoms with E-state index < -0.39 is 6.10 Å². The maximum atomic E-state index is 9.62. The first-order chi connectivity index (χ1) is 10.7. The largest absolute Gasteiger partial charge is 0.391 e. The molecule has 0 aromatic rings. The van der Waals surface area contributed by atoms with Gasteiger partial charge < -0.3 is 28.8 Å². The molecule has 0 saturated carbocycles. The molecule has 0 spiro atoms. The summed E-state index contributed by atoms with van der Waals surface area (Å²) in [6.07, 6.45) is 1.71. The minimum atomic E-state index is -0.406. The fourth-order valence-corrected chi connectivity index (χ4v) is 2.10. The van der Waals surface area contributed by atoms with Gasteiger partial charge in [0, 0.05) is 5.41 Å². The lowest BCUT2D eigenvalue weighted by Crippen LogP contribution is -2.38. The van der Waals surface area contributed by atoms with Crippen molar-refractivity contribution in [1.29, 1.82) is 0 Å². The predicted octanol–water partition coefficient (Wildman–Crippen LogP) is 1.00. The van der Waals surface area contributed by atoms with Gasteiger partial charge in [-0.3, -0.25) is 0 Å². The van der Waals surface area contributed by atoms with Crippen LogP contribution in [0.25, 0.3) is 0 Å². The van der Waals surface area contributed by atoms with E-state index in [4.69, 9.17) is 23.7 Å². The summed E-state index contributed by atoms with van der Waals surface area (Å²) in [4.78, 5) is 0. The minimum Gasteiger partial charge on any atom is -0.391 e. The molecule has 2 aliphatic heterocycles. The maximum absolute atomic E-state index is 9.62. The summed E-state index contributed by atoms with van der Waals surface area (Å²) in [5.74, 6) is 0. The Labute approximate surface area is 133 Å². The molecule has 0 aromatic carbocycles.